The van der Waals surface area contributed by atoms with E-state index in [1.807, 2.05) is 66.7 Å². The maximum absolute atomic E-state index is 10.1. The van der Waals surface area contributed by atoms with Gasteiger partial charge in [0.05, 0.1) is 11.6 Å². The second-order valence-electron chi connectivity index (χ2n) is 11.6. The number of para-hydroxylation sites is 3. The van der Waals surface area contributed by atoms with E-state index in [0.717, 1.165) is 88.4 Å². The van der Waals surface area contributed by atoms with E-state index in [0.29, 0.717) is 5.56 Å². The number of rotatable bonds is 4. The summed E-state index contributed by atoms with van der Waals surface area (Å²) in [5.41, 5.74) is 12.2. The summed E-state index contributed by atoms with van der Waals surface area (Å²) in [6.45, 7) is 0. The molecule has 2 aromatic heterocycles. The molecule has 0 amide bonds. The first-order chi connectivity index (χ1) is 22.8. The minimum Gasteiger partial charge on any atom is -0.456 e. The van der Waals surface area contributed by atoms with Crippen LogP contribution in [0.3, 0.4) is 0 Å². The Balaban J connectivity index is 1.43. The fourth-order valence-electron chi connectivity index (χ4n) is 6.84. The number of hydrogen-bond acceptors (Lipinski definition) is 3. The predicted molar refractivity (Wildman–Crippen MR) is 187 cm³/mol. The van der Waals surface area contributed by atoms with E-state index in [1.165, 1.54) is 0 Å². The Morgan fingerprint density at radius 1 is 0.391 bits per heavy atom. The molecular weight excluding hydrogens is 562 g/mol. The Morgan fingerprint density at radius 3 is 1.85 bits per heavy atom. The third-order valence-corrected chi connectivity index (χ3v) is 8.94. The van der Waals surface area contributed by atoms with E-state index in [4.69, 9.17) is 8.83 Å². The molecule has 9 aromatic rings. The van der Waals surface area contributed by atoms with Crippen molar-refractivity contribution >= 4 is 43.9 Å². The zero-order chi connectivity index (χ0) is 30.6. The van der Waals surface area contributed by atoms with E-state index in [2.05, 4.69) is 91.0 Å². The molecule has 214 valence electrons. The Bertz CT molecular complexity index is 2650. The van der Waals surface area contributed by atoms with Crippen LogP contribution in [0.5, 0.6) is 0 Å². The van der Waals surface area contributed by atoms with Crippen LogP contribution in [0.25, 0.3) is 88.4 Å². The third kappa shape index (κ3) is 4.05. The number of benzene rings is 7. The van der Waals surface area contributed by atoms with Gasteiger partial charge in [-0.15, -0.1) is 0 Å². The van der Waals surface area contributed by atoms with Gasteiger partial charge in [0.2, 0.25) is 0 Å². The maximum Gasteiger partial charge on any atom is 0.143 e. The first-order valence-corrected chi connectivity index (χ1v) is 15.3. The molecule has 0 N–H and O–H groups in total. The van der Waals surface area contributed by atoms with Crippen molar-refractivity contribution in [3.05, 3.63) is 157 Å². The SMILES string of the molecule is N#Cc1ccccc1-c1cc(-c2ccc3oc4ccccc4c3c2)c(-c2ccccc2)c(-c2cccc3c2oc2ccccc23)c1. The predicted octanol–water partition coefficient (Wildman–Crippen LogP) is 12.0. The van der Waals surface area contributed by atoms with E-state index in [1.54, 1.807) is 0 Å². The van der Waals surface area contributed by atoms with Crippen molar-refractivity contribution in [2.24, 2.45) is 0 Å². The molecule has 3 heteroatoms. The molecule has 0 fully saturated rings. The van der Waals surface area contributed by atoms with Crippen molar-refractivity contribution in [3.8, 4) is 50.6 Å². The van der Waals surface area contributed by atoms with Gasteiger partial charge in [0.1, 0.15) is 22.3 Å². The molecule has 0 saturated carbocycles. The first kappa shape index (κ1) is 26.1. The number of fused-ring (bicyclic) bond motifs is 6. The van der Waals surface area contributed by atoms with Crippen molar-refractivity contribution in [1.82, 2.24) is 0 Å². The molecule has 3 nitrogen and oxygen atoms in total. The molecule has 0 radical (unpaired) electrons. The highest BCUT2D eigenvalue weighted by atomic mass is 16.3. The fourth-order valence-corrected chi connectivity index (χ4v) is 6.84. The molecule has 0 aliphatic heterocycles. The first-order valence-electron chi connectivity index (χ1n) is 15.3. The standard InChI is InChI=1S/C43H25NO2/c44-26-29-13-4-5-14-31(29)30-24-36(28-21-22-41-37(23-28)33-16-7-8-19-39(33)45-41)42(27-11-2-1-3-12-27)38(25-30)35-18-10-17-34-32-15-6-9-20-40(32)46-43(34)35/h1-25H. The number of nitrogens with zero attached hydrogens (tertiary/aromatic N) is 1. The van der Waals surface area contributed by atoms with E-state index >= 15 is 0 Å². The lowest BCUT2D eigenvalue weighted by Gasteiger charge is -2.19. The lowest BCUT2D eigenvalue weighted by molar-refractivity contribution is 0.669. The quantitative estimate of drug-likeness (QED) is 0.206. The monoisotopic (exact) mass is 587 g/mol. The van der Waals surface area contributed by atoms with Crippen molar-refractivity contribution in [1.29, 1.82) is 5.26 Å². The second kappa shape index (κ2) is 10.4. The van der Waals surface area contributed by atoms with Gasteiger partial charge in [-0.25, -0.2) is 0 Å². The third-order valence-electron chi connectivity index (χ3n) is 8.94. The van der Waals surface area contributed by atoms with E-state index in [-0.39, 0.29) is 0 Å². The molecule has 0 aliphatic carbocycles. The minimum absolute atomic E-state index is 0.630. The van der Waals surface area contributed by atoms with Crippen molar-refractivity contribution in [2.75, 3.05) is 0 Å². The molecule has 7 aromatic carbocycles. The van der Waals surface area contributed by atoms with Gasteiger partial charge in [-0.05, 0) is 81.4 Å². The number of nitriles is 1. The van der Waals surface area contributed by atoms with Gasteiger partial charge in [0.25, 0.3) is 0 Å². The van der Waals surface area contributed by atoms with Gasteiger partial charge in [-0.3, -0.25) is 0 Å². The average Bonchev–Trinajstić information content (AvgIpc) is 3.69. The summed E-state index contributed by atoms with van der Waals surface area (Å²) in [6.07, 6.45) is 0. The normalized spacial score (nSPS) is 11.5. The van der Waals surface area contributed by atoms with Crippen LogP contribution < -0.4 is 0 Å². The van der Waals surface area contributed by atoms with Gasteiger partial charge < -0.3 is 8.83 Å². The average molecular weight is 588 g/mol. The van der Waals surface area contributed by atoms with Crippen molar-refractivity contribution < 1.29 is 8.83 Å². The summed E-state index contributed by atoms with van der Waals surface area (Å²) >= 11 is 0. The molecule has 0 aliphatic rings. The van der Waals surface area contributed by atoms with Crippen LogP contribution in [0.2, 0.25) is 0 Å². The highest BCUT2D eigenvalue weighted by Gasteiger charge is 2.22. The Hall–Kier alpha value is -6.37. The Kier molecular flexibility index (Phi) is 5.88. The van der Waals surface area contributed by atoms with Gasteiger partial charge in [-0.2, -0.15) is 5.26 Å². The van der Waals surface area contributed by atoms with Crippen LogP contribution in [-0.4, -0.2) is 0 Å². The zero-order valence-electron chi connectivity index (χ0n) is 24.7. The molecule has 0 saturated heterocycles. The summed E-state index contributed by atoms with van der Waals surface area (Å²) in [4.78, 5) is 0. The Labute approximate surface area is 265 Å². The van der Waals surface area contributed by atoms with Crippen LogP contribution >= 0.6 is 0 Å². The lowest BCUT2D eigenvalue weighted by atomic mass is 9.83. The maximum atomic E-state index is 10.1. The molecule has 0 unspecified atom stereocenters. The fraction of sp³-hybridized carbons (Fsp3) is 0. The highest BCUT2D eigenvalue weighted by Crippen LogP contribution is 2.47. The summed E-state index contributed by atoms with van der Waals surface area (Å²) in [6, 6.07) is 54.4. The van der Waals surface area contributed by atoms with Crippen LogP contribution in [0, 0.1) is 11.3 Å². The number of hydrogen-bond donors (Lipinski definition) is 0. The molecular formula is C43H25NO2. The summed E-state index contributed by atoms with van der Waals surface area (Å²) in [5, 5.41) is 14.4. The summed E-state index contributed by atoms with van der Waals surface area (Å²) in [5.74, 6) is 0. The zero-order valence-corrected chi connectivity index (χ0v) is 24.7. The smallest absolute Gasteiger partial charge is 0.143 e. The van der Waals surface area contributed by atoms with Gasteiger partial charge >= 0.3 is 0 Å². The summed E-state index contributed by atoms with van der Waals surface area (Å²) < 4.78 is 12.8. The van der Waals surface area contributed by atoms with Crippen LogP contribution in [0.1, 0.15) is 5.56 Å². The van der Waals surface area contributed by atoms with E-state index < -0.39 is 0 Å². The molecule has 0 bridgehead atoms. The molecule has 2 heterocycles. The largest absolute Gasteiger partial charge is 0.456 e. The van der Waals surface area contributed by atoms with Gasteiger partial charge in [0, 0.05) is 27.1 Å². The lowest BCUT2D eigenvalue weighted by Crippen LogP contribution is -1.94. The Morgan fingerprint density at radius 2 is 1.02 bits per heavy atom. The topological polar surface area (TPSA) is 50.1 Å². The molecule has 0 spiro atoms. The van der Waals surface area contributed by atoms with Crippen LogP contribution in [0.4, 0.5) is 0 Å². The van der Waals surface area contributed by atoms with Crippen molar-refractivity contribution in [3.63, 3.8) is 0 Å². The highest BCUT2D eigenvalue weighted by molar-refractivity contribution is 6.13. The molecule has 0 atom stereocenters. The van der Waals surface area contributed by atoms with Gasteiger partial charge in [0.15, 0.2) is 0 Å². The second-order valence-corrected chi connectivity index (χ2v) is 11.6. The molecule has 46 heavy (non-hydrogen) atoms. The van der Waals surface area contributed by atoms with Gasteiger partial charge in [-0.1, -0.05) is 109 Å². The van der Waals surface area contributed by atoms with Crippen molar-refractivity contribution in [2.45, 2.75) is 0 Å². The summed E-state index contributed by atoms with van der Waals surface area (Å²) in [7, 11) is 0. The van der Waals surface area contributed by atoms with Crippen LogP contribution in [0.15, 0.2) is 160 Å². The minimum atomic E-state index is 0.630. The molecule has 9 rings (SSSR count). The van der Waals surface area contributed by atoms with Crippen LogP contribution in [-0.2, 0) is 0 Å². The van der Waals surface area contributed by atoms with E-state index in [9.17, 15) is 5.26 Å². The number of furan rings is 2.